The molecule has 0 rings (SSSR count). The highest BCUT2D eigenvalue weighted by Gasteiger charge is 2.04. The van der Waals surface area contributed by atoms with E-state index in [-0.39, 0.29) is 11.9 Å². The van der Waals surface area contributed by atoms with Crippen LogP contribution in [0, 0.1) is 5.41 Å². The molecule has 0 aromatic heterocycles. The van der Waals surface area contributed by atoms with E-state index in [0.717, 1.165) is 12.8 Å². The fraction of sp³-hybridized carbons (Fsp3) is 0.833. The Labute approximate surface area is 104 Å². The van der Waals surface area contributed by atoms with Crippen molar-refractivity contribution in [2.45, 2.75) is 45.4 Å². The lowest BCUT2D eigenvalue weighted by atomic mass is 10.1. The zero-order valence-corrected chi connectivity index (χ0v) is 11.0. The first-order valence-corrected chi connectivity index (χ1v) is 6.28. The van der Waals surface area contributed by atoms with Crippen molar-refractivity contribution in [1.82, 2.24) is 4.90 Å². The number of unbranched alkanes of at least 4 members (excludes halogenated alkanes) is 4. The second kappa shape index (κ2) is 9.93. The topological polar surface area (TPSA) is 79.4 Å². The lowest BCUT2D eigenvalue weighted by Gasteiger charge is -2.16. The van der Waals surface area contributed by atoms with Gasteiger partial charge in [0.15, 0.2) is 5.96 Å². The molecule has 0 atom stereocenters. The van der Waals surface area contributed by atoms with Crippen molar-refractivity contribution < 1.29 is 9.53 Å². The molecule has 0 fully saturated rings. The van der Waals surface area contributed by atoms with Crippen LogP contribution in [-0.2, 0) is 9.53 Å². The fourth-order valence-corrected chi connectivity index (χ4v) is 1.36. The van der Waals surface area contributed by atoms with Gasteiger partial charge in [-0.2, -0.15) is 0 Å². The quantitative estimate of drug-likeness (QED) is 0.280. The number of nitrogens with two attached hydrogens (primary N) is 1. The smallest absolute Gasteiger partial charge is 0.305 e. The molecule has 0 unspecified atom stereocenters. The molecule has 0 aliphatic carbocycles. The number of likely N-dealkylation sites (N-methyl/N-ethyl adjacent to an activating group) is 1. The van der Waals surface area contributed by atoms with Gasteiger partial charge in [-0.25, -0.2) is 0 Å². The monoisotopic (exact) mass is 243 g/mol. The number of guanidine groups is 1. The Morgan fingerprint density at radius 1 is 1.29 bits per heavy atom. The van der Waals surface area contributed by atoms with Crippen molar-refractivity contribution in [3.8, 4) is 0 Å². The normalized spacial score (nSPS) is 10.0. The minimum absolute atomic E-state index is 0.0133. The molecule has 0 bridgehead atoms. The molecule has 0 saturated carbocycles. The Morgan fingerprint density at radius 2 is 1.94 bits per heavy atom. The molecule has 5 nitrogen and oxygen atoms in total. The first-order chi connectivity index (χ1) is 8.07. The van der Waals surface area contributed by atoms with Gasteiger partial charge >= 0.3 is 5.97 Å². The maximum atomic E-state index is 11.3. The summed E-state index contributed by atoms with van der Waals surface area (Å²) in [6.07, 6.45) is 6.13. The number of carbonyl (C=O) groups is 1. The standard InChI is InChI=1S/C12H25N3O2/c1-3-4-5-6-7-8-11(16)17-10-9-15(2)12(13)14/h3-10H2,1-2H3,(H3,13,14). The molecule has 0 radical (unpaired) electrons. The molecule has 0 aliphatic rings. The first-order valence-electron chi connectivity index (χ1n) is 6.28. The molecule has 0 heterocycles. The van der Waals surface area contributed by atoms with Crippen LogP contribution in [0.25, 0.3) is 0 Å². The number of esters is 1. The van der Waals surface area contributed by atoms with Gasteiger partial charge in [-0.15, -0.1) is 0 Å². The van der Waals surface area contributed by atoms with E-state index in [0.29, 0.717) is 19.6 Å². The zero-order valence-electron chi connectivity index (χ0n) is 11.0. The molecule has 3 N–H and O–H groups in total. The van der Waals surface area contributed by atoms with E-state index in [4.69, 9.17) is 15.9 Å². The first kappa shape index (κ1) is 15.7. The van der Waals surface area contributed by atoms with Gasteiger partial charge < -0.3 is 15.4 Å². The molecule has 0 spiro atoms. The van der Waals surface area contributed by atoms with Gasteiger partial charge in [0.25, 0.3) is 0 Å². The molecular formula is C12H25N3O2. The summed E-state index contributed by atoms with van der Waals surface area (Å²) in [7, 11) is 1.70. The van der Waals surface area contributed by atoms with E-state index in [1.54, 1.807) is 7.05 Å². The van der Waals surface area contributed by atoms with Gasteiger partial charge in [-0.3, -0.25) is 10.2 Å². The third kappa shape index (κ3) is 9.66. The number of hydrogen-bond donors (Lipinski definition) is 2. The highest BCUT2D eigenvalue weighted by Crippen LogP contribution is 2.05. The van der Waals surface area contributed by atoms with E-state index < -0.39 is 0 Å². The van der Waals surface area contributed by atoms with Gasteiger partial charge in [-0.05, 0) is 6.42 Å². The van der Waals surface area contributed by atoms with E-state index >= 15 is 0 Å². The van der Waals surface area contributed by atoms with Crippen LogP contribution < -0.4 is 5.73 Å². The molecule has 0 amide bonds. The van der Waals surface area contributed by atoms with Crippen LogP contribution in [0.2, 0.25) is 0 Å². The Bertz CT molecular complexity index is 232. The molecule has 5 heteroatoms. The van der Waals surface area contributed by atoms with Crippen LogP contribution in [0.3, 0.4) is 0 Å². The highest BCUT2D eigenvalue weighted by atomic mass is 16.5. The third-order valence-corrected chi connectivity index (χ3v) is 2.59. The summed E-state index contributed by atoms with van der Waals surface area (Å²) in [5.74, 6) is -0.168. The number of nitrogens with one attached hydrogen (secondary N) is 1. The van der Waals surface area contributed by atoms with Gasteiger partial charge in [0.2, 0.25) is 0 Å². The number of ether oxygens (including phenoxy) is 1. The SMILES string of the molecule is CCCCCCCC(=O)OCCN(C)C(=N)N. The fourth-order valence-electron chi connectivity index (χ4n) is 1.36. The van der Waals surface area contributed by atoms with Crippen molar-refractivity contribution in [1.29, 1.82) is 5.41 Å². The average Bonchev–Trinajstić information content (AvgIpc) is 2.28. The Morgan fingerprint density at radius 3 is 2.53 bits per heavy atom. The Balaban J connectivity index is 3.38. The van der Waals surface area contributed by atoms with Gasteiger partial charge in [0.1, 0.15) is 6.61 Å². The van der Waals surface area contributed by atoms with E-state index in [1.165, 1.54) is 24.2 Å². The molecule has 0 aromatic carbocycles. The van der Waals surface area contributed by atoms with Gasteiger partial charge in [0.05, 0.1) is 6.54 Å². The summed E-state index contributed by atoms with van der Waals surface area (Å²) >= 11 is 0. The summed E-state index contributed by atoms with van der Waals surface area (Å²) in [6, 6.07) is 0. The summed E-state index contributed by atoms with van der Waals surface area (Å²) in [6.45, 7) is 2.93. The average molecular weight is 243 g/mol. The largest absolute Gasteiger partial charge is 0.464 e. The maximum Gasteiger partial charge on any atom is 0.305 e. The molecule has 0 aromatic rings. The Hall–Kier alpha value is -1.26. The van der Waals surface area contributed by atoms with Crippen molar-refractivity contribution in [2.75, 3.05) is 20.2 Å². The van der Waals surface area contributed by atoms with E-state index in [9.17, 15) is 4.79 Å². The molecule has 17 heavy (non-hydrogen) atoms. The van der Waals surface area contributed by atoms with E-state index in [1.807, 2.05) is 0 Å². The molecule has 100 valence electrons. The van der Waals surface area contributed by atoms with Crippen LogP contribution in [-0.4, -0.2) is 37.0 Å². The second-order valence-corrected chi connectivity index (χ2v) is 4.19. The molecular weight excluding hydrogens is 218 g/mol. The minimum atomic E-state index is -0.154. The molecule has 0 aliphatic heterocycles. The van der Waals surface area contributed by atoms with Crippen molar-refractivity contribution in [2.24, 2.45) is 5.73 Å². The van der Waals surface area contributed by atoms with Crippen molar-refractivity contribution in [3.63, 3.8) is 0 Å². The number of nitrogens with zero attached hydrogens (tertiary/aromatic N) is 1. The second-order valence-electron chi connectivity index (χ2n) is 4.19. The van der Waals surface area contributed by atoms with Gasteiger partial charge in [-0.1, -0.05) is 32.6 Å². The van der Waals surface area contributed by atoms with E-state index in [2.05, 4.69) is 6.92 Å². The number of carbonyl (C=O) groups excluding carboxylic acids is 1. The zero-order chi connectivity index (χ0) is 13.1. The van der Waals surface area contributed by atoms with Crippen LogP contribution in [0.1, 0.15) is 45.4 Å². The lowest BCUT2D eigenvalue weighted by Crippen LogP contribution is -2.35. The summed E-state index contributed by atoms with van der Waals surface area (Å²) < 4.78 is 5.04. The summed E-state index contributed by atoms with van der Waals surface area (Å²) in [5.41, 5.74) is 5.25. The van der Waals surface area contributed by atoms with Crippen LogP contribution in [0.4, 0.5) is 0 Å². The number of rotatable bonds is 9. The maximum absolute atomic E-state index is 11.3. The Kier molecular flexibility index (Phi) is 9.19. The van der Waals surface area contributed by atoms with Crippen LogP contribution in [0.5, 0.6) is 0 Å². The number of hydrogen-bond acceptors (Lipinski definition) is 3. The minimum Gasteiger partial charge on any atom is -0.464 e. The predicted molar refractivity (Wildman–Crippen MR) is 68.9 cm³/mol. The molecule has 0 saturated heterocycles. The third-order valence-electron chi connectivity index (χ3n) is 2.59. The summed E-state index contributed by atoms with van der Waals surface area (Å²) in [5, 5.41) is 7.12. The van der Waals surface area contributed by atoms with Crippen molar-refractivity contribution in [3.05, 3.63) is 0 Å². The van der Waals surface area contributed by atoms with Gasteiger partial charge in [0, 0.05) is 13.5 Å². The van der Waals surface area contributed by atoms with Crippen LogP contribution >= 0.6 is 0 Å². The predicted octanol–water partition coefficient (Wildman–Crippen LogP) is 1.72. The lowest BCUT2D eigenvalue weighted by molar-refractivity contribution is -0.143. The van der Waals surface area contributed by atoms with Crippen molar-refractivity contribution >= 4 is 11.9 Å². The highest BCUT2D eigenvalue weighted by molar-refractivity contribution is 5.74. The summed E-state index contributed by atoms with van der Waals surface area (Å²) in [4.78, 5) is 12.8. The van der Waals surface area contributed by atoms with Crippen LogP contribution in [0.15, 0.2) is 0 Å².